The maximum atomic E-state index is 12.7. The van der Waals surface area contributed by atoms with Crippen LogP contribution in [0.5, 0.6) is 0 Å². The van der Waals surface area contributed by atoms with Crippen molar-refractivity contribution in [1.82, 2.24) is 10.6 Å². The molecule has 144 valence electrons. The molecule has 0 aromatic heterocycles. The van der Waals surface area contributed by atoms with Gasteiger partial charge in [-0.2, -0.15) is 0 Å². The summed E-state index contributed by atoms with van der Waals surface area (Å²) in [5.74, 6) is -0.362. The van der Waals surface area contributed by atoms with Crippen molar-refractivity contribution in [3.8, 4) is 0 Å². The van der Waals surface area contributed by atoms with Gasteiger partial charge in [-0.1, -0.05) is 44.2 Å². The summed E-state index contributed by atoms with van der Waals surface area (Å²) in [5, 5.41) is 17.4. The van der Waals surface area contributed by atoms with E-state index in [1.54, 1.807) is 6.07 Å². The highest BCUT2D eigenvalue weighted by Crippen LogP contribution is 2.17. The van der Waals surface area contributed by atoms with Crippen LogP contribution in [-0.2, 0) is 9.53 Å². The van der Waals surface area contributed by atoms with Crippen LogP contribution in [-0.4, -0.2) is 41.9 Å². The van der Waals surface area contributed by atoms with E-state index in [0.29, 0.717) is 25.0 Å². The average Bonchev–Trinajstić information content (AvgIpc) is 3.05. The molecule has 0 radical (unpaired) electrons. The Labute approximate surface area is 158 Å². The summed E-state index contributed by atoms with van der Waals surface area (Å²) >= 11 is 0. The molecule has 3 rings (SSSR count). The van der Waals surface area contributed by atoms with E-state index in [1.165, 1.54) is 0 Å². The molecule has 1 saturated heterocycles. The van der Waals surface area contributed by atoms with E-state index in [-0.39, 0.29) is 17.7 Å². The van der Waals surface area contributed by atoms with E-state index in [4.69, 9.17) is 4.74 Å². The first-order chi connectivity index (χ1) is 12.9. The number of aliphatic hydroxyl groups excluding tert-OH is 1. The monoisotopic (exact) mass is 370 g/mol. The second kappa shape index (κ2) is 8.50. The topological polar surface area (TPSA) is 87.7 Å². The highest BCUT2D eigenvalue weighted by molar-refractivity contribution is 6.00. The Morgan fingerprint density at radius 1 is 1.19 bits per heavy atom. The normalized spacial score (nSPS) is 20.6. The first kappa shape index (κ1) is 19.3. The molecule has 6 heteroatoms. The number of nitrogens with one attached hydrogen (secondary N) is 2. The van der Waals surface area contributed by atoms with Crippen LogP contribution in [0.3, 0.4) is 0 Å². The molecule has 0 bridgehead atoms. The fourth-order valence-electron chi connectivity index (χ4n) is 3.28. The standard InChI is InChI=1S/C21H26N2O4/c1-13(2)11-18(20(25)22-17-9-10-27-21(17)26)23-19(24)16-8-7-14-5-3-4-6-15(14)12-16/h3-8,12-13,17-18,21,26H,9-11H2,1-2H3,(H,22,25)(H,23,24)/t17-,18-,21?/m0/s1. The third kappa shape index (κ3) is 4.84. The lowest BCUT2D eigenvalue weighted by Crippen LogP contribution is -2.51. The minimum absolute atomic E-state index is 0.224. The van der Waals surface area contributed by atoms with Crippen LogP contribution in [0.2, 0.25) is 0 Å². The molecule has 1 heterocycles. The van der Waals surface area contributed by atoms with Crippen molar-refractivity contribution in [2.45, 2.75) is 45.1 Å². The fourth-order valence-corrected chi connectivity index (χ4v) is 3.28. The van der Waals surface area contributed by atoms with Crippen molar-refractivity contribution in [3.05, 3.63) is 48.0 Å². The number of hydrogen-bond acceptors (Lipinski definition) is 4. The molecule has 0 saturated carbocycles. The van der Waals surface area contributed by atoms with E-state index in [9.17, 15) is 14.7 Å². The number of aliphatic hydroxyl groups is 1. The molecular formula is C21H26N2O4. The lowest BCUT2D eigenvalue weighted by Gasteiger charge is -2.23. The zero-order chi connectivity index (χ0) is 19.4. The summed E-state index contributed by atoms with van der Waals surface area (Å²) in [6, 6.07) is 12.2. The molecule has 0 spiro atoms. The number of carbonyl (C=O) groups is 2. The summed E-state index contributed by atoms with van der Waals surface area (Å²) in [4.78, 5) is 25.4. The average molecular weight is 370 g/mol. The number of rotatable bonds is 6. The van der Waals surface area contributed by atoms with Gasteiger partial charge in [0.15, 0.2) is 6.29 Å². The van der Waals surface area contributed by atoms with Crippen molar-refractivity contribution in [2.24, 2.45) is 5.92 Å². The van der Waals surface area contributed by atoms with Crippen molar-refractivity contribution < 1.29 is 19.4 Å². The Kier molecular flexibility index (Phi) is 6.08. The van der Waals surface area contributed by atoms with Gasteiger partial charge in [0, 0.05) is 5.56 Å². The van der Waals surface area contributed by atoms with Gasteiger partial charge < -0.3 is 20.5 Å². The van der Waals surface area contributed by atoms with Crippen LogP contribution in [0.1, 0.15) is 37.0 Å². The van der Waals surface area contributed by atoms with Crippen molar-refractivity contribution in [3.63, 3.8) is 0 Å². The summed E-state index contributed by atoms with van der Waals surface area (Å²) in [5.41, 5.74) is 0.513. The lowest BCUT2D eigenvalue weighted by atomic mass is 10.0. The smallest absolute Gasteiger partial charge is 0.251 e. The number of amides is 2. The molecule has 3 atom stereocenters. The van der Waals surface area contributed by atoms with Gasteiger partial charge in [0.2, 0.25) is 5.91 Å². The second-order valence-electron chi connectivity index (χ2n) is 7.38. The van der Waals surface area contributed by atoms with Crippen molar-refractivity contribution in [2.75, 3.05) is 6.61 Å². The molecule has 2 amide bonds. The highest BCUT2D eigenvalue weighted by atomic mass is 16.6. The van der Waals surface area contributed by atoms with E-state index in [2.05, 4.69) is 10.6 Å². The van der Waals surface area contributed by atoms with Crippen molar-refractivity contribution >= 4 is 22.6 Å². The fraction of sp³-hybridized carbons (Fsp3) is 0.429. The zero-order valence-corrected chi connectivity index (χ0v) is 15.6. The van der Waals surface area contributed by atoms with Gasteiger partial charge in [-0.05, 0) is 41.7 Å². The molecule has 1 unspecified atom stereocenters. The van der Waals surface area contributed by atoms with E-state index < -0.39 is 18.4 Å². The Balaban J connectivity index is 1.72. The van der Waals surface area contributed by atoms with Crippen molar-refractivity contribution in [1.29, 1.82) is 0 Å². The number of ether oxygens (including phenoxy) is 1. The van der Waals surface area contributed by atoms with Gasteiger partial charge in [-0.3, -0.25) is 9.59 Å². The number of benzene rings is 2. The summed E-state index contributed by atoms with van der Waals surface area (Å²) < 4.78 is 5.07. The van der Waals surface area contributed by atoms with Gasteiger partial charge in [-0.15, -0.1) is 0 Å². The van der Waals surface area contributed by atoms with Crippen LogP contribution in [0.25, 0.3) is 10.8 Å². The Hall–Kier alpha value is -2.44. The number of hydrogen-bond donors (Lipinski definition) is 3. The largest absolute Gasteiger partial charge is 0.366 e. The number of carbonyl (C=O) groups excluding carboxylic acids is 2. The number of fused-ring (bicyclic) bond motifs is 1. The molecule has 0 aliphatic carbocycles. The summed E-state index contributed by atoms with van der Waals surface area (Å²) in [6.45, 7) is 4.40. The molecule has 1 fully saturated rings. The molecule has 3 N–H and O–H groups in total. The van der Waals surface area contributed by atoms with E-state index in [0.717, 1.165) is 10.8 Å². The zero-order valence-electron chi connectivity index (χ0n) is 15.6. The third-order valence-corrected chi connectivity index (χ3v) is 4.73. The van der Waals surface area contributed by atoms with E-state index in [1.807, 2.05) is 50.2 Å². The minimum Gasteiger partial charge on any atom is -0.366 e. The molecular weight excluding hydrogens is 344 g/mol. The van der Waals surface area contributed by atoms with Gasteiger partial charge in [-0.25, -0.2) is 0 Å². The van der Waals surface area contributed by atoms with Gasteiger partial charge in [0.1, 0.15) is 6.04 Å². The molecule has 1 aliphatic heterocycles. The maximum absolute atomic E-state index is 12.7. The molecule has 2 aromatic rings. The Morgan fingerprint density at radius 2 is 1.93 bits per heavy atom. The molecule has 6 nitrogen and oxygen atoms in total. The van der Waals surface area contributed by atoms with Crippen LogP contribution in [0, 0.1) is 5.92 Å². The summed E-state index contributed by atoms with van der Waals surface area (Å²) in [6.07, 6.45) is 0.0687. The first-order valence-corrected chi connectivity index (χ1v) is 9.34. The van der Waals surface area contributed by atoms with Crippen LogP contribution in [0.15, 0.2) is 42.5 Å². The SMILES string of the molecule is CC(C)C[C@H](NC(=O)c1ccc2ccccc2c1)C(=O)N[C@H]1CCOC1O. The summed E-state index contributed by atoms with van der Waals surface area (Å²) in [7, 11) is 0. The Morgan fingerprint density at radius 3 is 2.59 bits per heavy atom. The van der Waals surface area contributed by atoms with Gasteiger partial charge in [0.05, 0.1) is 12.6 Å². The lowest BCUT2D eigenvalue weighted by molar-refractivity contribution is -0.127. The predicted molar refractivity (Wildman–Crippen MR) is 103 cm³/mol. The first-order valence-electron chi connectivity index (χ1n) is 9.34. The van der Waals surface area contributed by atoms with Gasteiger partial charge in [0.25, 0.3) is 5.91 Å². The molecule has 27 heavy (non-hydrogen) atoms. The highest BCUT2D eigenvalue weighted by Gasteiger charge is 2.31. The quantitative estimate of drug-likeness (QED) is 0.727. The van der Waals surface area contributed by atoms with Gasteiger partial charge >= 0.3 is 0 Å². The minimum atomic E-state index is -0.996. The predicted octanol–water partition coefficient (Wildman–Crippen LogP) is 2.21. The molecule has 1 aliphatic rings. The third-order valence-electron chi connectivity index (χ3n) is 4.73. The van der Waals surface area contributed by atoms with E-state index >= 15 is 0 Å². The van der Waals surface area contributed by atoms with Crippen LogP contribution >= 0.6 is 0 Å². The van der Waals surface area contributed by atoms with Crippen LogP contribution in [0.4, 0.5) is 0 Å². The molecule has 2 aromatic carbocycles. The second-order valence-corrected chi connectivity index (χ2v) is 7.38. The van der Waals surface area contributed by atoms with Crippen LogP contribution < -0.4 is 10.6 Å². The Bertz CT molecular complexity index is 821. The maximum Gasteiger partial charge on any atom is 0.251 e.